The van der Waals surface area contributed by atoms with Gasteiger partial charge in [0, 0.05) is 6.54 Å². The lowest BCUT2D eigenvalue weighted by atomic mass is 10.0. The summed E-state index contributed by atoms with van der Waals surface area (Å²) in [6.45, 7) is 0.373. The summed E-state index contributed by atoms with van der Waals surface area (Å²) >= 11 is 0. The van der Waals surface area contributed by atoms with Gasteiger partial charge in [-0.2, -0.15) is 0 Å². The minimum absolute atomic E-state index is 0. The molecular formula is C11H11ClFN. The summed E-state index contributed by atoms with van der Waals surface area (Å²) in [4.78, 5) is 0. The van der Waals surface area contributed by atoms with Crippen LogP contribution < -0.4 is 5.73 Å². The van der Waals surface area contributed by atoms with E-state index in [1.54, 1.807) is 0 Å². The van der Waals surface area contributed by atoms with E-state index < -0.39 is 0 Å². The third-order valence-electron chi connectivity index (χ3n) is 2.13. The maximum Gasteiger partial charge on any atom is 0.124 e. The highest BCUT2D eigenvalue weighted by atomic mass is 35.5. The average molecular weight is 212 g/mol. The quantitative estimate of drug-likeness (QED) is 0.771. The molecule has 2 aromatic rings. The summed E-state index contributed by atoms with van der Waals surface area (Å²) in [5.41, 5.74) is 6.38. The maximum absolute atomic E-state index is 13.0. The van der Waals surface area contributed by atoms with Crippen molar-refractivity contribution in [1.29, 1.82) is 0 Å². The molecule has 0 saturated heterocycles. The average Bonchev–Trinajstić information content (AvgIpc) is 2.16. The van der Waals surface area contributed by atoms with E-state index in [4.69, 9.17) is 5.73 Å². The van der Waals surface area contributed by atoms with E-state index in [0.717, 1.165) is 16.3 Å². The second-order valence-electron chi connectivity index (χ2n) is 2.99. The first-order valence-electron chi connectivity index (χ1n) is 4.18. The molecule has 0 atom stereocenters. The van der Waals surface area contributed by atoms with Crippen molar-refractivity contribution in [3.63, 3.8) is 0 Å². The van der Waals surface area contributed by atoms with Crippen LogP contribution in [0.25, 0.3) is 10.8 Å². The van der Waals surface area contributed by atoms with Crippen molar-refractivity contribution < 1.29 is 4.39 Å². The fourth-order valence-electron chi connectivity index (χ4n) is 1.52. The molecule has 3 heteroatoms. The van der Waals surface area contributed by atoms with Gasteiger partial charge in [-0.25, -0.2) is 4.39 Å². The number of hydrogen-bond acceptors (Lipinski definition) is 1. The standard InChI is InChI=1S/C11H10FN.ClH/c12-10-5-8-3-1-2-4-11(8)9(6-10)7-13;/h1-6H,7,13H2;1H. The normalized spacial score (nSPS) is 9.86. The van der Waals surface area contributed by atoms with Crippen LogP contribution in [-0.2, 0) is 6.54 Å². The SMILES string of the molecule is Cl.NCc1cc(F)cc2ccccc12. The lowest BCUT2D eigenvalue weighted by Crippen LogP contribution is -1.97. The molecular weight excluding hydrogens is 201 g/mol. The minimum Gasteiger partial charge on any atom is -0.326 e. The van der Waals surface area contributed by atoms with Crippen LogP contribution in [0.4, 0.5) is 4.39 Å². The van der Waals surface area contributed by atoms with Crippen molar-refractivity contribution in [2.24, 2.45) is 5.73 Å². The Morgan fingerprint density at radius 2 is 1.86 bits per heavy atom. The maximum atomic E-state index is 13.0. The van der Waals surface area contributed by atoms with Crippen LogP contribution in [0.5, 0.6) is 0 Å². The Bertz CT molecular complexity index is 442. The van der Waals surface area contributed by atoms with Crippen LogP contribution >= 0.6 is 12.4 Å². The van der Waals surface area contributed by atoms with Crippen LogP contribution in [0.2, 0.25) is 0 Å². The molecule has 0 aliphatic heterocycles. The summed E-state index contributed by atoms with van der Waals surface area (Å²) < 4.78 is 13.0. The van der Waals surface area contributed by atoms with Gasteiger partial charge in [0.2, 0.25) is 0 Å². The predicted octanol–water partition coefficient (Wildman–Crippen LogP) is 2.86. The van der Waals surface area contributed by atoms with Crippen LogP contribution in [0.1, 0.15) is 5.56 Å². The molecule has 0 aromatic heterocycles. The first-order chi connectivity index (χ1) is 6.31. The minimum atomic E-state index is -0.223. The molecule has 0 spiro atoms. The smallest absolute Gasteiger partial charge is 0.124 e. The molecule has 2 N–H and O–H groups in total. The Hall–Kier alpha value is -1.12. The van der Waals surface area contributed by atoms with Crippen molar-refractivity contribution in [3.8, 4) is 0 Å². The first kappa shape index (κ1) is 11.0. The van der Waals surface area contributed by atoms with Crippen LogP contribution in [0, 0.1) is 5.82 Å². The second kappa shape index (κ2) is 4.40. The van der Waals surface area contributed by atoms with Crippen LogP contribution in [0.3, 0.4) is 0 Å². The summed E-state index contributed by atoms with van der Waals surface area (Å²) in [7, 11) is 0. The monoisotopic (exact) mass is 211 g/mol. The van der Waals surface area contributed by atoms with Gasteiger partial charge in [-0.1, -0.05) is 24.3 Å². The summed E-state index contributed by atoms with van der Waals surface area (Å²) in [6.07, 6.45) is 0. The molecule has 2 aromatic carbocycles. The highest BCUT2D eigenvalue weighted by Crippen LogP contribution is 2.19. The van der Waals surface area contributed by atoms with Crippen LogP contribution in [0.15, 0.2) is 36.4 Å². The molecule has 14 heavy (non-hydrogen) atoms. The number of benzene rings is 2. The van der Waals surface area contributed by atoms with E-state index in [1.165, 1.54) is 12.1 Å². The van der Waals surface area contributed by atoms with Gasteiger partial charge < -0.3 is 5.73 Å². The molecule has 0 fully saturated rings. The largest absolute Gasteiger partial charge is 0.326 e. The molecule has 74 valence electrons. The van der Waals surface area contributed by atoms with Crippen molar-refractivity contribution in [1.82, 2.24) is 0 Å². The highest BCUT2D eigenvalue weighted by Gasteiger charge is 2.01. The first-order valence-corrected chi connectivity index (χ1v) is 4.18. The van der Waals surface area contributed by atoms with Gasteiger partial charge in [-0.05, 0) is 28.5 Å². The molecule has 0 aliphatic carbocycles. The van der Waals surface area contributed by atoms with Gasteiger partial charge in [0.15, 0.2) is 0 Å². The zero-order valence-corrected chi connectivity index (χ0v) is 8.35. The van der Waals surface area contributed by atoms with Crippen molar-refractivity contribution >= 4 is 23.2 Å². The van der Waals surface area contributed by atoms with Crippen molar-refractivity contribution in [3.05, 3.63) is 47.8 Å². The van der Waals surface area contributed by atoms with E-state index in [9.17, 15) is 4.39 Å². The van der Waals surface area contributed by atoms with Crippen molar-refractivity contribution in [2.45, 2.75) is 6.54 Å². The predicted molar refractivity (Wildman–Crippen MR) is 59.0 cm³/mol. The molecule has 0 radical (unpaired) electrons. The fourth-order valence-corrected chi connectivity index (χ4v) is 1.52. The Labute approximate surface area is 88.1 Å². The number of rotatable bonds is 1. The Morgan fingerprint density at radius 3 is 2.57 bits per heavy atom. The van der Waals surface area contributed by atoms with E-state index in [2.05, 4.69) is 0 Å². The van der Waals surface area contributed by atoms with E-state index in [-0.39, 0.29) is 18.2 Å². The lowest BCUT2D eigenvalue weighted by Gasteiger charge is -2.03. The fraction of sp³-hybridized carbons (Fsp3) is 0.0909. The topological polar surface area (TPSA) is 26.0 Å². The van der Waals surface area contributed by atoms with E-state index >= 15 is 0 Å². The molecule has 0 saturated carbocycles. The molecule has 0 amide bonds. The van der Waals surface area contributed by atoms with Gasteiger partial charge in [0.05, 0.1) is 0 Å². The summed E-state index contributed by atoms with van der Waals surface area (Å²) in [5, 5.41) is 1.94. The van der Waals surface area contributed by atoms with Gasteiger partial charge in [-0.15, -0.1) is 12.4 Å². The number of fused-ring (bicyclic) bond motifs is 1. The molecule has 0 bridgehead atoms. The molecule has 0 unspecified atom stereocenters. The third-order valence-corrected chi connectivity index (χ3v) is 2.13. The number of hydrogen-bond donors (Lipinski definition) is 1. The molecule has 0 aliphatic rings. The van der Waals surface area contributed by atoms with E-state index in [0.29, 0.717) is 6.54 Å². The Kier molecular flexibility index (Phi) is 3.44. The summed E-state index contributed by atoms with van der Waals surface area (Å²) in [6, 6.07) is 10.7. The van der Waals surface area contributed by atoms with E-state index in [1.807, 2.05) is 24.3 Å². The number of nitrogens with two attached hydrogens (primary N) is 1. The Morgan fingerprint density at radius 1 is 1.14 bits per heavy atom. The Balaban J connectivity index is 0.000000980. The van der Waals surface area contributed by atoms with Crippen LogP contribution in [-0.4, -0.2) is 0 Å². The lowest BCUT2D eigenvalue weighted by molar-refractivity contribution is 0.627. The zero-order valence-electron chi connectivity index (χ0n) is 7.53. The third kappa shape index (κ3) is 1.86. The molecule has 2 rings (SSSR count). The number of halogens is 2. The molecule has 0 heterocycles. The highest BCUT2D eigenvalue weighted by molar-refractivity contribution is 5.86. The van der Waals surface area contributed by atoms with Gasteiger partial charge >= 0.3 is 0 Å². The molecule has 1 nitrogen and oxygen atoms in total. The second-order valence-corrected chi connectivity index (χ2v) is 2.99. The van der Waals surface area contributed by atoms with Gasteiger partial charge in [-0.3, -0.25) is 0 Å². The zero-order chi connectivity index (χ0) is 9.26. The summed E-state index contributed by atoms with van der Waals surface area (Å²) in [5.74, 6) is -0.223. The van der Waals surface area contributed by atoms with Crippen molar-refractivity contribution in [2.75, 3.05) is 0 Å². The van der Waals surface area contributed by atoms with Gasteiger partial charge in [0.25, 0.3) is 0 Å². The van der Waals surface area contributed by atoms with Gasteiger partial charge in [0.1, 0.15) is 5.82 Å².